The number of halogens is 2. The Morgan fingerprint density at radius 2 is 1.81 bits per heavy atom. The van der Waals surface area contributed by atoms with E-state index in [2.05, 4.69) is 10.0 Å². The van der Waals surface area contributed by atoms with E-state index < -0.39 is 46.2 Å². The number of sulfonamides is 1. The van der Waals surface area contributed by atoms with Crippen molar-refractivity contribution in [2.45, 2.75) is 24.3 Å². The molecule has 12 heteroatoms. The third-order valence-electron chi connectivity index (χ3n) is 4.30. The Balaban J connectivity index is 1.55. The number of carbonyl (C=O) groups excluding carboxylic acids is 2. The van der Waals surface area contributed by atoms with Crippen molar-refractivity contribution in [1.29, 1.82) is 0 Å². The lowest BCUT2D eigenvalue weighted by molar-refractivity contribution is -0.151. The van der Waals surface area contributed by atoms with E-state index in [1.54, 1.807) is 0 Å². The average Bonchev–Trinajstić information content (AvgIpc) is 2.99. The van der Waals surface area contributed by atoms with Crippen molar-refractivity contribution in [3.63, 3.8) is 0 Å². The Bertz CT molecular complexity index is 1120. The van der Waals surface area contributed by atoms with Gasteiger partial charge in [-0.25, -0.2) is 17.2 Å². The maximum absolute atomic E-state index is 13.6. The van der Waals surface area contributed by atoms with Crippen molar-refractivity contribution in [2.24, 2.45) is 0 Å². The number of anilines is 1. The molecule has 3 rings (SSSR count). The van der Waals surface area contributed by atoms with E-state index in [0.717, 1.165) is 12.1 Å². The predicted molar refractivity (Wildman–Crippen MR) is 108 cm³/mol. The molecule has 2 N–H and O–H groups in total. The number of amides is 1. The minimum atomic E-state index is -4.09. The standard InChI is InChI=1S/C20H20F2N2O7S/c1-12(20(26)24-16-5-3-13(21)9-15(16)22)31-19(25)11-23-32(27,28)14-4-6-17-18(10-14)30-8-2-7-29-17/h3-6,9-10,12,23H,2,7-8,11H2,1H3,(H,24,26). The molecule has 0 saturated heterocycles. The molecule has 1 heterocycles. The molecule has 0 bridgehead atoms. The number of hydrogen-bond donors (Lipinski definition) is 2. The van der Waals surface area contributed by atoms with Gasteiger partial charge >= 0.3 is 5.97 Å². The zero-order valence-electron chi connectivity index (χ0n) is 16.9. The van der Waals surface area contributed by atoms with Crippen LogP contribution in [0.4, 0.5) is 14.5 Å². The van der Waals surface area contributed by atoms with Gasteiger partial charge in [-0.1, -0.05) is 0 Å². The third kappa shape index (κ3) is 5.92. The summed E-state index contributed by atoms with van der Waals surface area (Å²) in [5, 5.41) is 2.15. The van der Waals surface area contributed by atoms with Crippen LogP contribution < -0.4 is 19.5 Å². The first-order valence-corrected chi connectivity index (χ1v) is 11.0. The van der Waals surface area contributed by atoms with Gasteiger partial charge in [0.1, 0.15) is 18.2 Å². The van der Waals surface area contributed by atoms with Crippen molar-refractivity contribution >= 4 is 27.6 Å². The number of fused-ring (bicyclic) bond motifs is 1. The normalized spacial score (nSPS) is 14.2. The Hall–Kier alpha value is -3.25. The van der Waals surface area contributed by atoms with Crippen LogP contribution in [-0.2, 0) is 24.3 Å². The molecule has 1 aliphatic rings. The van der Waals surface area contributed by atoms with Crippen LogP contribution >= 0.6 is 0 Å². The molecule has 0 saturated carbocycles. The van der Waals surface area contributed by atoms with Gasteiger partial charge in [-0.05, 0) is 31.2 Å². The van der Waals surface area contributed by atoms with Gasteiger partial charge in [-0.3, -0.25) is 9.59 Å². The van der Waals surface area contributed by atoms with Crippen LogP contribution in [0.3, 0.4) is 0 Å². The van der Waals surface area contributed by atoms with E-state index in [1.807, 2.05) is 0 Å². The molecule has 1 atom stereocenters. The van der Waals surface area contributed by atoms with E-state index >= 15 is 0 Å². The molecule has 1 amide bonds. The zero-order valence-corrected chi connectivity index (χ0v) is 17.7. The van der Waals surface area contributed by atoms with Gasteiger partial charge in [0.15, 0.2) is 17.6 Å². The highest BCUT2D eigenvalue weighted by atomic mass is 32.2. The molecular weight excluding hydrogens is 450 g/mol. The molecule has 0 radical (unpaired) electrons. The minimum Gasteiger partial charge on any atom is -0.490 e. The predicted octanol–water partition coefficient (Wildman–Crippen LogP) is 1.97. The second-order valence-electron chi connectivity index (χ2n) is 6.73. The van der Waals surface area contributed by atoms with E-state index in [4.69, 9.17) is 14.2 Å². The summed E-state index contributed by atoms with van der Waals surface area (Å²) in [5.74, 6) is -3.05. The topological polar surface area (TPSA) is 120 Å². The molecular formula is C20H20F2N2O7S. The fraction of sp³-hybridized carbons (Fsp3) is 0.300. The summed E-state index contributed by atoms with van der Waals surface area (Å²) in [7, 11) is -4.09. The monoisotopic (exact) mass is 470 g/mol. The molecule has 1 unspecified atom stereocenters. The highest BCUT2D eigenvalue weighted by molar-refractivity contribution is 7.89. The second-order valence-corrected chi connectivity index (χ2v) is 8.50. The number of ether oxygens (including phenoxy) is 3. The number of esters is 1. The number of rotatable bonds is 7. The molecule has 0 aliphatic carbocycles. The maximum Gasteiger partial charge on any atom is 0.321 e. The Morgan fingerprint density at radius 1 is 1.09 bits per heavy atom. The highest BCUT2D eigenvalue weighted by Crippen LogP contribution is 2.31. The summed E-state index contributed by atoms with van der Waals surface area (Å²) >= 11 is 0. The second kappa shape index (κ2) is 9.92. The van der Waals surface area contributed by atoms with Crippen molar-refractivity contribution in [1.82, 2.24) is 4.72 Å². The number of hydrogen-bond acceptors (Lipinski definition) is 7. The van der Waals surface area contributed by atoms with Gasteiger partial charge in [-0.15, -0.1) is 0 Å². The quantitative estimate of drug-likeness (QED) is 0.594. The number of benzene rings is 2. The van der Waals surface area contributed by atoms with E-state index in [9.17, 15) is 26.8 Å². The fourth-order valence-electron chi connectivity index (χ4n) is 2.67. The van der Waals surface area contributed by atoms with Gasteiger partial charge in [-0.2, -0.15) is 4.72 Å². The summed E-state index contributed by atoms with van der Waals surface area (Å²) in [6.07, 6.45) is -0.713. The Morgan fingerprint density at radius 3 is 2.53 bits per heavy atom. The first-order chi connectivity index (χ1) is 15.2. The van der Waals surface area contributed by atoms with Crippen molar-refractivity contribution in [3.8, 4) is 11.5 Å². The van der Waals surface area contributed by atoms with Gasteiger partial charge in [0.2, 0.25) is 10.0 Å². The van der Waals surface area contributed by atoms with Crippen LogP contribution in [0.25, 0.3) is 0 Å². The van der Waals surface area contributed by atoms with E-state index in [0.29, 0.717) is 31.5 Å². The van der Waals surface area contributed by atoms with Gasteiger partial charge in [0.25, 0.3) is 5.91 Å². The molecule has 9 nitrogen and oxygen atoms in total. The number of carbonyl (C=O) groups is 2. The lowest BCUT2D eigenvalue weighted by Gasteiger charge is -2.14. The van der Waals surface area contributed by atoms with Crippen LogP contribution in [-0.4, -0.2) is 46.2 Å². The molecule has 2 aromatic rings. The molecule has 2 aromatic carbocycles. The lowest BCUT2D eigenvalue weighted by atomic mass is 10.2. The van der Waals surface area contributed by atoms with Gasteiger partial charge in [0, 0.05) is 18.6 Å². The SMILES string of the molecule is CC(OC(=O)CNS(=O)(=O)c1ccc2c(c1)OCCCO2)C(=O)Nc1ccc(F)cc1F. The van der Waals surface area contributed by atoms with Crippen LogP contribution in [0.1, 0.15) is 13.3 Å². The third-order valence-corrected chi connectivity index (χ3v) is 5.70. The van der Waals surface area contributed by atoms with Crippen LogP contribution in [0.15, 0.2) is 41.3 Å². The molecule has 32 heavy (non-hydrogen) atoms. The minimum absolute atomic E-state index is 0.146. The van der Waals surface area contributed by atoms with Gasteiger partial charge < -0.3 is 19.5 Å². The summed E-state index contributed by atoms with van der Waals surface area (Å²) in [6, 6.07) is 6.58. The van der Waals surface area contributed by atoms with Crippen molar-refractivity contribution < 1.29 is 41.0 Å². The smallest absolute Gasteiger partial charge is 0.321 e. The van der Waals surface area contributed by atoms with Gasteiger partial charge in [0.05, 0.1) is 23.8 Å². The number of nitrogens with one attached hydrogen (secondary N) is 2. The van der Waals surface area contributed by atoms with Crippen LogP contribution in [0, 0.1) is 11.6 Å². The molecule has 0 aromatic heterocycles. The van der Waals surface area contributed by atoms with E-state index in [-0.39, 0.29) is 16.3 Å². The average molecular weight is 470 g/mol. The Kier molecular flexibility index (Phi) is 7.26. The first-order valence-electron chi connectivity index (χ1n) is 9.50. The van der Waals surface area contributed by atoms with Crippen LogP contribution in [0.2, 0.25) is 0 Å². The molecule has 0 spiro atoms. The lowest BCUT2D eigenvalue weighted by Crippen LogP contribution is -2.36. The fourth-order valence-corrected chi connectivity index (χ4v) is 3.65. The van der Waals surface area contributed by atoms with Crippen molar-refractivity contribution in [3.05, 3.63) is 48.0 Å². The summed E-state index contributed by atoms with van der Waals surface area (Å²) in [4.78, 5) is 23.9. The van der Waals surface area contributed by atoms with Crippen molar-refractivity contribution in [2.75, 3.05) is 25.1 Å². The maximum atomic E-state index is 13.6. The summed E-state index contributed by atoms with van der Waals surface area (Å²) in [6.45, 7) is 1.28. The largest absolute Gasteiger partial charge is 0.490 e. The summed E-state index contributed by atoms with van der Waals surface area (Å²) in [5.41, 5.74) is -0.297. The van der Waals surface area contributed by atoms with Crippen LogP contribution in [0.5, 0.6) is 11.5 Å². The highest BCUT2D eigenvalue weighted by Gasteiger charge is 2.23. The Labute approximate surface area is 182 Å². The van der Waals surface area contributed by atoms with E-state index in [1.165, 1.54) is 25.1 Å². The first kappa shape index (κ1) is 23.4. The molecule has 0 fully saturated rings. The zero-order chi connectivity index (χ0) is 23.3. The summed E-state index contributed by atoms with van der Waals surface area (Å²) < 4.78 is 69.3. The molecule has 1 aliphatic heterocycles. The molecule has 172 valence electrons.